The van der Waals surface area contributed by atoms with Gasteiger partial charge in [0, 0.05) is 0 Å². The summed E-state index contributed by atoms with van der Waals surface area (Å²) in [6, 6.07) is 8.27. The van der Waals surface area contributed by atoms with E-state index < -0.39 is 5.82 Å². The largest absolute Gasteiger partial charge is 0.325 e. The molecule has 106 valence electrons. The third kappa shape index (κ3) is 3.88. The smallest absolute Gasteiger partial charge is 0.279 e. The molecule has 2 N–H and O–H groups in total. The molecule has 0 aliphatic rings. The summed E-state index contributed by atoms with van der Waals surface area (Å²) in [7, 11) is 1.96. The van der Waals surface area contributed by atoms with Crippen molar-refractivity contribution in [3.63, 3.8) is 0 Å². The fraction of sp³-hybridized carbons (Fsp3) is 0.267. The number of amides is 1. The van der Waals surface area contributed by atoms with Crippen molar-refractivity contribution in [3.8, 4) is 0 Å². The Morgan fingerprint density at radius 3 is 2.75 bits per heavy atom. The molecular formula is C15H18FN2OS+. The van der Waals surface area contributed by atoms with Crippen molar-refractivity contribution >= 4 is 22.9 Å². The first-order valence-electron chi connectivity index (χ1n) is 6.45. The van der Waals surface area contributed by atoms with Crippen molar-refractivity contribution in [2.24, 2.45) is 0 Å². The Bertz CT molecular complexity index is 597. The number of para-hydroxylation sites is 1. The van der Waals surface area contributed by atoms with E-state index in [-0.39, 0.29) is 11.6 Å². The standard InChI is InChI=1S/C15H17FN2OS/c1-11-7-8-20-14(11)9-18(2)10-15(19)17-13-6-4-3-5-12(13)16/h3-8H,9-10H2,1-2H3,(H,17,19)/p+1. The molecule has 1 aromatic carbocycles. The summed E-state index contributed by atoms with van der Waals surface area (Å²) in [5.74, 6) is -0.589. The first-order valence-corrected chi connectivity index (χ1v) is 7.33. The number of nitrogens with one attached hydrogen (secondary N) is 2. The van der Waals surface area contributed by atoms with Crippen molar-refractivity contribution < 1.29 is 14.1 Å². The Hall–Kier alpha value is -1.72. The van der Waals surface area contributed by atoms with Gasteiger partial charge in [0.15, 0.2) is 6.54 Å². The van der Waals surface area contributed by atoms with Crippen LogP contribution in [0.3, 0.4) is 0 Å². The molecule has 1 heterocycles. The zero-order valence-corrected chi connectivity index (χ0v) is 12.4. The average Bonchev–Trinajstić information content (AvgIpc) is 2.77. The number of carbonyl (C=O) groups is 1. The SMILES string of the molecule is Cc1ccsc1C[NH+](C)CC(=O)Nc1ccccc1F. The lowest BCUT2D eigenvalue weighted by atomic mass is 10.3. The zero-order valence-electron chi connectivity index (χ0n) is 11.6. The van der Waals surface area contributed by atoms with Gasteiger partial charge in [-0.1, -0.05) is 12.1 Å². The van der Waals surface area contributed by atoms with E-state index in [1.54, 1.807) is 29.5 Å². The number of thiophene rings is 1. The molecule has 20 heavy (non-hydrogen) atoms. The molecule has 0 radical (unpaired) electrons. The molecule has 1 aromatic heterocycles. The van der Waals surface area contributed by atoms with Crippen LogP contribution in [0, 0.1) is 12.7 Å². The highest BCUT2D eigenvalue weighted by atomic mass is 32.1. The lowest BCUT2D eigenvalue weighted by Crippen LogP contribution is -3.08. The Kier molecular flexibility index (Phi) is 4.87. The normalized spacial score (nSPS) is 12.2. The summed E-state index contributed by atoms with van der Waals surface area (Å²) in [4.78, 5) is 14.2. The Morgan fingerprint density at radius 1 is 1.35 bits per heavy atom. The van der Waals surface area contributed by atoms with E-state index in [1.165, 1.54) is 16.5 Å². The molecule has 3 nitrogen and oxygen atoms in total. The minimum Gasteiger partial charge on any atom is -0.325 e. The molecule has 0 aliphatic heterocycles. The molecule has 1 amide bonds. The van der Waals surface area contributed by atoms with E-state index in [1.807, 2.05) is 7.05 Å². The maximum Gasteiger partial charge on any atom is 0.279 e. The van der Waals surface area contributed by atoms with E-state index in [9.17, 15) is 9.18 Å². The van der Waals surface area contributed by atoms with Gasteiger partial charge in [0.1, 0.15) is 12.4 Å². The van der Waals surface area contributed by atoms with Gasteiger partial charge in [-0.3, -0.25) is 4.79 Å². The molecule has 0 saturated carbocycles. The quantitative estimate of drug-likeness (QED) is 0.867. The molecule has 0 bridgehead atoms. The molecule has 0 spiro atoms. The predicted molar refractivity (Wildman–Crippen MR) is 79.5 cm³/mol. The van der Waals surface area contributed by atoms with Gasteiger partial charge < -0.3 is 10.2 Å². The second-order valence-electron chi connectivity index (χ2n) is 4.87. The maximum absolute atomic E-state index is 13.4. The molecule has 1 unspecified atom stereocenters. The zero-order chi connectivity index (χ0) is 14.5. The molecule has 5 heteroatoms. The van der Waals surface area contributed by atoms with Crippen LogP contribution in [-0.4, -0.2) is 19.5 Å². The van der Waals surface area contributed by atoms with Crippen LogP contribution in [-0.2, 0) is 11.3 Å². The number of benzene rings is 1. The van der Waals surface area contributed by atoms with Crippen LogP contribution < -0.4 is 10.2 Å². The molecule has 2 aromatic rings. The van der Waals surface area contributed by atoms with Crippen LogP contribution in [0.15, 0.2) is 35.7 Å². The number of rotatable bonds is 5. The van der Waals surface area contributed by atoms with Gasteiger partial charge in [0.2, 0.25) is 0 Å². The Balaban J connectivity index is 1.88. The first-order chi connectivity index (χ1) is 9.56. The summed E-state index contributed by atoms with van der Waals surface area (Å²) < 4.78 is 13.4. The lowest BCUT2D eigenvalue weighted by Gasteiger charge is -2.13. The number of halogens is 1. The number of aryl methyl sites for hydroxylation is 1. The lowest BCUT2D eigenvalue weighted by molar-refractivity contribution is -0.884. The minimum absolute atomic E-state index is 0.179. The monoisotopic (exact) mass is 293 g/mol. The van der Waals surface area contributed by atoms with Crippen LogP contribution in [0.25, 0.3) is 0 Å². The third-order valence-electron chi connectivity index (χ3n) is 3.04. The molecule has 1 atom stereocenters. The number of likely N-dealkylation sites (N-methyl/N-ethyl adjacent to an activating group) is 1. The molecule has 0 aliphatic carbocycles. The number of carbonyl (C=O) groups excluding carboxylic acids is 1. The van der Waals surface area contributed by atoms with Crippen molar-refractivity contribution in [2.45, 2.75) is 13.5 Å². The number of hydrogen-bond donors (Lipinski definition) is 2. The second kappa shape index (κ2) is 6.63. The van der Waals surface area contributed by atoms with Crippen molar-refractivity contribution in [2.75, 3.05) is 18.9 Å². The average molecular weight is 293 g/mol. The van der Waals surface area contributed by atoms with Crippen molar-refractivity contribution in [1.29, 1.82) is 0 Å². The topological polar surface area (TPSA) is 33.5 Å². The molecular weight excluding hydrogens is 275 g/mol. The van der Waals surface area contributed by atoms with Gasteiger partial charge in [-0.2, -0.15) is 0 Å². The summed E-state index contributed by atoms with van der Waals surface area (Å²) in [6.07, 6.45) is 0. The highest BCUT2D eigenvalue weighted by molar-refractivity contribution is 7.10. The maximum atomic E-state index is 13.4. The van der Waals surface area contributed by atoms with Crippen LogP contribution in [0.1, 0.15) is 10.4 Å². The van der Waals surface area contributed by atoms with E-state index in [2.05, 4.69) is 23.7 Å². The van der Waals surface area contributed by atoms with E-state index >= 15 is 0 Å². The summed E-state index contributed by atoms with van der Waals surface area (Å²) >= 11 is 1.70. The number of anilines is 1. The van der Waals surface area contributed by atoms with Crippen LogP contribution in [0.5, 0.6) is 0 Å². The summed E-state index contributed by atoms with van der Waals surface area (Å²) in [5, 5.41) is 4.66. The number of quaternary nitrogens is 1. The summed E-state index contributed by atoms with van der Waals surface area (Å²) in [6.45, 7) is 3.18. The first kappa shape index (κ1) is 14.7. The fourth-order valence-electron chi connectivity index (χ4n) is 1.95. The minimum atomic E-state index is -0.410. The summed E-state index contributed by atoms with van der Waals surface area (Å²) in [5.41, 5.74) is 1.49. The highest BCUT2D eigenvalue weighted by Gasteiger charge is 2.13. The van der Waals surface area contributed by atoms with E-state index in [0.717, 1.165) is 11.4 Å². The van der Waals surface area contributed by atoms with Gasteiger partial charge in [0.25, 0.3) is 5.91 Å². The van der Waals surface area contributed by atoms with Crippen LogP contribution in [0.4, 0.5) is 10.1 Å². The van der Waals surface area contributed by atoms with Crippen molar-refractivity contribution in [1.82, 2.24) is 0 Å². The van der Waals surface area contributed by atoms with Gasteiger partial charge in [-0.15, -0.1) is 11.3 Å². The second-order valence-corrected chi connectivity index (χ2v) is 5.87. The van der Waals surface area contributed by atoms with E-state index in [0.29, 0.717) is 6.54 Å². The molecule has 0 fully saturated rings. The predicted octanol–water partition coefficient (Wildman–Crippen LogP) is 1.85. The Labute approximate surface area is 122 Å². The van der Waals surface area contributed by atoms with E-state index in [4.69, 9.17) is 0 Å². The van der Waals surface area contributed by atoms with Crippen molar-refractivity contribution in [3.05, 3.63) is 52.0 Å². The van der Waals surface area contributed by atoms with Gasteiger partial charge in [-0.25, -0.2) is 4.39 Å². The number of hydrogen-bond acceptors (Lipinski definition) is 2. The van der Waals surface area contributed by atoms with Gasteiger partial charge >= 0.3 is 0 Å². The fourth-order valence-corrected chi connectivity index (χ4v) is 2.97. The van der Waals surface area contributed by atoms with Gasteiger partial charge in [-0.05, 0) is 36.1 Å². The molecule has 0 saturated heterocycles. The molecule has 2 rings (SSSR count). The van der Waals surface area contributed by atoms with Crippen LogP contribution in [0.2, 0.25) is 0 Å². The van der Waals surface area contributed by atoms with Crippen LogP contribution >= 0.6 is 11.3 Å². The third-order valence-corrected chi connectivity index (χ3v) is 4.06. The van der Waals surface area contributed by atoms with Gasteiger partial charge in [0.05, 0.1) is 17.6 Å². The Morgan fingerprint density at radius 2 is 2.10 bits per heavy atom. The highest BCUT2D eigenvalue weighted by Crippen LogP contribution is 2.14.